The molecule has 1 amide bonds. The molecule has 0 unspecified atom stereocenters. The molecule has 5 atom stereocenters. The lowest BCUT2D eigenvalue weighted by atomic mass is 9.85. The van der Waals surface area contributed by atoms with E-state index in [1.165, 1.54) is 25.7 Å². The van der Waals surface area contributed by atoms with E-state index in [4.69, 9.17) is 4.74 Å². The summed E-state index contributed by atoms with van der Waals surface area (Å²) in [7, 11) is 3.62. The molecule has 6 nitrogen and oxygen atoms in total. The molecule has 2 bridgehead atoms. The summed E-state index contributed by atoms with van der Waals surface area (Å²) in [5.74, 6) is 1.77. The van der Waals surface area contributed by atoms with Crippen LogP contribution in [-0.4, -0.2) is 40.2 Å². The van der Waals surface area contributed by atoms with Crippen molar-refractivity contribution < 1.29 is 14.3 Å². The number of nitrogens with zero attached hydrogens (tertiary/aromatic N) is 3. The highest BCUT2D eigenvalue weighted by molar-refractivity contribution is 5.82. The molecule has 3 aliphatic rings. The summed E-state index contributed by atoms with van der Waals surface area (Å²) in [5, 5.41) is 4.21. The second-order valence-electron chi connectivity index (χ2n) is 8.11. The molecule has 2 saturated carbocycles. The van der Waals surface area contributed by atoms with Crippen LogP contribution in [0, 0.1) is 23.7 Å². The summed E-state index contributed by atoms with van der Waals surface area (Å²) in [4.78, 5) is 26.7. The van der Waals surface area contributed by atoms with Crippen LogP contribution in [0.15, 0.2) is 12.4 Å². The summed E-state index contributed by atoms with van der Waals surface area (Å²) in [6, 6.07) is -0.275. The first-order valence-electron chi connectivity index (χ1n) is 9.43. The van der Waals surface area contributed by atoms with Gasteiger partial charge < -0.3 is 9.64 Å². The molecule has 0 N–H and O–H groups in total. The van der Waals surface area contributed by atoms with Crippen molar-refractivity contribution >= 4 is 11.9 Å². The van der Waals surface area contributed by atoms with Crippen LogP contribution >= 0.6 is 0 Å². The molecule has 1 saturated heterocycles. The zero-order chi connectivity index (χ0) is 17.6. The molecular weight excluding hydrogens is 318 g/mol. The standard InChI is InChI=1S/C19H27N3O3/c1-21-10-15(9-20-21)18-16(5-6-17(23)22(18)2)19(24)25-11-14-8-12-3-4-13(14)7-12/h9-10,12-14,16,18H,3-8,11H2,1-2H3/t12-,13-,14+,16-,18-/m0/s1. The van der Waals surface area contributed by atoms with Crippen molar-refractivity contribution in [1.29, 1.82) is 0 Å². The van der Waals surface area contributed by atoms with Crippen molar-refractivity contribution in [1.82, 2.24) is 14.7 Å². The van der Waals surface area contributed by atoms with Gasteiger partial charge in [0.05, 0.1) is 24.8 Å². The molecule has 4 rings (SSSR count). The molecule has 3 fully saturated rings. The maximum absolute atomic E-state index is 12.8. The first-order chi connectivity index (χ1) is 12.0. The normalized spacial score (nSPS) is 34.6. The van der Waals surface area contributed by atoms with Gasteiger partial charge in [0.1, 0.15) is 0 Å². The monoisotopic (exact) mass is 345 g/mol. The molecule has 0 radical (unpaired) electrons. The molecule has 2 aliphatic carbocycles. The highest BCUT2D eigenvalue weighted by Crippen LogP contribution is 2.48. The minimum absolute atomic E-state index is 0.0750. The van der Waals surface area contributed by atoms with Gasteiger partial charge in [-0.3, -0.25) is 14.3 Å². The van der Waals surface area contributed by atoms with Gasteiger partial charge in [-0.05, 0) is 43.4 Å². The second kappa shape index (κ2) is 6.46. The minimum atomic E-state index is -0.300. The Labute approximate surface area is 148 Å². The van der Waals surface area contributed by atoms with Gasteiger partial charge in [0.15, 0.2) is 0 Å². The zero-order valence-corrected chi connectivity index (χ0v) is 15.1. The average molecular weight is 345 g/mol. The van der Waals surface area contributed by atoms with E-state index >= 15 is 0 Å². The van der Waals surface area contributed by atoms with Crippen LogP contribution < -0.4 is 0 Å². The van der Waals surface area contributed by atoms with Gasteiger partial charge in [-0.25, -0.2) is 0 Å². The molecule has 136 valence electrons. The number of aromatic nitrogens is 2. The number of aryl methyl sites for hydroxylation is 1. The van der Waals surface area contributed by atoms with E-state index in [0.717, 1.165) is 17.4 Å². The lowest BCUT2D eigenvalue weighted by molar-refractivity contribution is -0.157. The van der Waals surface area contributed by atoms with Gasteiger partial charge in [0.25, 0.3) is 0 Å². The van der Waals surface area contributed by atoms with Crippen LogP contribution in [0.25, 0.3) is 0 Å². The molecule has 1 aromatic rings. The lowest BCUT2D eigenvalue weighted by Gasteiger charge is -2.37. The lowest BCUT2D eigenvalue weighted by Crippen LogP contribution is -2.43. The van der Waals surface area contributed by atoms with Crippen molar-refractivity contribution in [3.63, 3.8) is 0 Å². The number of rotatable bonds is 4. The Bertz CT molecular complexity index is 671. The predicted molar refractivity (Wildman–Crippen MR) is 91.3 cm³/mol. The van der Waals surface area contributed by atoms with Crippen molar-refractivity contribution in [3.05, 3.63) is 18.0 Å². The van der Waals surface area contributed by atoms with Crippen molar-refractivity contribution in [2.45, 2.75) is 44.6 Å². The van der Waals surface area contributed by atoms with Gasteiger partial charge in [0, 0.05) is 32.3 Å². The van der Waals surface area contributed by atoms with Gasteiger partial charge >= 0.3 is 5.97 Å². The molecule has 25 heavy (non-hydrogen) atoms. The molecule has 0 spiro atoms. The number of piperidine rings is 1. The number of esters is 1. The van der Waals surface area contributed by atoms with Gasteiger partial charge in [-0.15, -0.1) is 0 Å². The van der Waals surface area contributed by atoms with Crippen molar-refractivity contribution in [2.24, 2.45) is 30.7 Å². The van der Waals surface area contributed by atoms with E-state index in [0.29, 0.717) is 25.4 Å². The van der Waals surface area contributed by atoms with E-state index in [-0.39, 0.29) is 23.8 Å². The third kappa shape index (κ3) is 3.07. The SMILES string of the molecule is CN1C(=O)CC[C@H](C(=O)OC[C@H]2C[C@H]3CC[C@H]2C3)[C@@H]1c1cnn(C)c1. The Morgan fingerprint density at radius 2 is 2.12 bits per heavy atom. The summed E-state index contributed by atoms with van der Waals surface area (Å²) in [6.45, 7) is 0.550. The van der Waals surface area contributed by atoms with Crippen LogP contribution in [0.4, 0.5) is 0 Å². The van der Waals surface area contributed by atoms with E-state index in [1.807, 2.05) is 13.2 Å². The molecule has 2 heterocycles. The molecule has 6 heteroatoms. The van der Waals surface area contributed by atoms with Gasteiger partial charge in [-0.1, -0.05) is 6.42 Å². The van der Waals surface area contributed by atoms with Crippen molar-refractivity contribution in [3.8, 4) is 0 Å². The fraction of sp³-hybridized carbons (Fsp3) is 0.737. The summed E-state index contributed by atoms with van der Waals surface area (Å²) in [6.07, 6.45) is 9.78. The number of hydrogen-bond donors (Lipinski definition) is 0. The third-order valence-corrected chi connectivity index (χ3v) is 6.55. The summed E-state index contributed by atoms with van der Waals surface area (Å²) >= 11 is 0. The number of hydrogen-bond acceptors (Lipinski definition) is 4. The van der Waals surface area contributed by atoms with Crippen LogP contribution in [-0.2, 0) is 21.4 Å². The maximum atomic E-state index is 12.8. The Morgan fingerprint density at radius 3 is 2.76 bits per heavy atom. The van der Waals surface area contributed by atoms with Gasteiger partial charge in [-0.2, -0.15) is 5.10 Å². The first-order valence-corrected chi connectivity index (χ1v) is 9.43. The third-order valence-electron chi connectivity index (χ3n) is 6.55. The Morgan fingerprint density at radius 1 is 1.28 bits per heavy atom. The fourth-order valence-corrected chi connectivity index (χ4v) is 5.21. The number of fused-ring (bicyclic) bond motifs is 2. The molecule has 1 aliphatic heterocycles. The average Bonchev–Trinajstić information content (AvgIpc) is 3.31. The van der Waals surface area contributed by atoms with E-state index < -0.39 is 0 Å². The molecule has 0 aromatic carbocycles. The first kappa shape index (κ1) is 16.6. The van der Waals surface area contributed by atoms with Crippen LogP contribution in [0.1, 0.15) is 50.1 Å². The van der Waals surface area contributed by atoms with Crippen LogP contribution in [0.3, 0.4) is 0 Å². The number of amides is 1. The van der Waals surface area contributed by atoms with E-state index in [2.05, 4.69) is 5.10 Å². The maximum Gasteiger partial charge on any atom is 0.311 e. The number of likely N-dealkylation sites (tertiary alicyclic amines) is 1. The zero-order valence-electron chi connectivity index (χ0n) is 15.1. The summed E-state index contributed by atoms with van der Waals surface area (Å²) in [5.41, 5.74) is 0.903. The number of carbonyl (C=O) groups is 2. The smallest absolute Gasteiger partial charge is 0.311 e. The topological polar surface area (TPSA) is 64.4 Å². The molecule has 1 aromatic heterocycles. The Balaban J connectivity index is 1.44. The predicted octanol–water partition coefficient (Wildman–Crippen LogP) is 2.31. The van der Waals surface area contributed by atoms with Crippen LogP contribution in [0.2, 0.25) is 0 Å². The van der Waals surface area contributed by atoms with Crippen LogP contribution in [0.5, 0.6) is 0 Å². The summed E-state index contributed by atoms with van der Waals surface area (Å²) < 4.78 is 7.46. The number of ether oxygens (including phenoxy) is 1. The van der Waals surface area contributed by atoms with Gasteiger partial charge in [0.2, 0.25) is 5.91 Å². The largest absolute Gasteiger partial charge is 0.465 e. The second-order valence-corrected chi connectivity index (χ2v) is 8.11. The fourth-order valence-electron chi connectivity index (χ4n) is 5.21. The van der Waals surface area contributed by atoms with E-state index in [1.54, 1.807) is 22.8 Å². The van der Waals surface area contributed by atoms with E-state index in [9.17, 15) is 9.59 Å². The minimum Gasteiger partial charge on any atom is -0.465 e. The molecular formula is C19H27N3O3. The Kier molecular flexibility index (Phi) is 4.29. The highest BCUT2D eigenvalue weighted by atomic mass is 16.5. The Hall–Kier alpha value is -1.85. The number of carbonyl (C=O) groups excluding carboxylic acids is 2. The quantitative estimate of drug-likeness (QED) is 0.786. The highest BCUT2D eigenvalue weighted by Gasteiger charge is 2.43. The van der Waals surface area contributed by atoms with Crippen molar-refractivity contribution in [2.75, 3.05) is 13.7 Å².